The minimum Gasteiger partial charge on any atom is -0.382 e. The van der Waals surface area contributed by atoms with Crippen LogP contribution in [-0.2, 0) is 0 Å². The summed E-state index contributed by atoms with van der Waals surface area (Å²) in [7, 11) is 0. The van der Waals surface area contributed by atoms with Gasteiger partial charge in [-0.2, -0.15) is 14.9 Å². The lowest BCUT2D eigenvalue weighted by atomic mass is 10.3. The van der Waals surface area contributed by atoms with Gasteiger partial charge in [-0.25, -0.2) is 0 Å². The average molecular weight is 314 g/mol. The van der Waals surface area contributed by atoms with E-state index in [1.807, 2.05) is 6.07 Å². The molecule has 0 aliphatic carbocycles. The van der Waals surface area contributed by atoms with Gasteiger partial charge in [0.1, 0.15) is 11.6 Å². The molecule has 22 heavy (non-hydrogen) atoms. The summed E-state index contributed by atoms with van der Waals surface area (Å²) in [6.07, 6.45) is 1.30. The third-order valence-corrected chi connectivity index (χ3v) is 3.11. The Morgan fingerprint density at radius 2 is 2.23 bits per heavy atom. The van der Waals surface area contributed by atoms with Crippen LogP contribution in [0.15, 0.2) is 30.5 Å². The number of nitrogens with zero attached hydrogens (tertiary/aromatic N) is 5. The van der Waals surface area contributed by atoms with Crippen molar-refractivity contribution in [2.24, 2.45) is 0 Å². The Kier molecular flexibility index (Phi) is 3.33. The Hall–Kier alpha value is -3.18. The molecule has 3 aromatic rings. The topological polar surface area (TPSA) is 122 Å². The van der Waals surface area contributed by atoms with E-state index in [2.05, 4.69) is 20.6 Å². The number of nitriles is 1. The molecule has 3 N–H and O–H groups in total. The van der Waals surface area contributed by atoms with Crippen molar-refractivity contribution < 1.29 is 4.79 Å². The summed E-state index contributed by atoms with van der Waals surface area (Å²) in [4.78, 5) is 12.2. The number of nitrogens with two attached hydrogens (primary N) is 1. The molecule has 0 saturated carbocycles. The zero-order valence-electron chi connectivity index (χ0n) is 11.0. The van der Waals surface area contributed by atoms with E-state index in [4.69, 9.17) is 22.6 Å². The number of halogens is 1. The van der Waals surface area contributed by atoms with Gasteiger partial charge in [0.25, 0.3) is 5.91 Å². The Morgan fingerprint density at radius 3 is 2.95 bits per heavy atom. The largest absolute Gasteiger partial charge is 0.382 e. The van der Waals surface area contributed by atoms with Gasteiger partial charge in [-0.1, -0.05) is 17.7 Å². The minimum absolute atomic E-state index is 0.00831. The summed E-state index contributed by atoms with van der Waals surface area (Å²) in [6.45, 7) is 0. The Balaban J connectivity index is 1.98. The third kappa shape index (κ3) is 2.30. The molecule has 0 unspecified atom stereocenters. The maximum absolute atomic E-state index is 12.2. The van der Waals surface area contributed by atoms with Crippen LogP contribution in [0.3, 0.4) is 0 Å². The molecule has 1 amide bonds. The van der Waals surface area contributed by atoms with Gasteiger partial charge in [-0.3, -0.25) is 4.79 Å². The molecular formula is C13H8ClN7O. The summed E-state index contributed by atoms with van der Waals surface area (Å²) in [5, 5.41) is 23.5. The van der Waals surface area contributed by atoms with E-state index in [1.165, 1.54) is 10.7 Å². The van der Waals surface area contributed by atoms with E-state index in [0.29, 0.717) is 10.7 Å². The fourth-order valence-corrected chi connectivity index (χ4v) is 2.05. The fourth-order valence-electron chi connectivity index (χ4n) is 1.86. The number of aromatic nitrogens is 4. The minimum atomic E-state index is -0.553. The van der Waals surface area contributed by atoms with Gasteiger partial charge in [-0.15, -0.1) is 10.2 Å². The number of amides is 1. The zero-order valence-corrected chi connectivity index (χ0v) is 11.7. The van der Waals surface area contributed by atoms with Crippen LogP contribution in [0.2, 0.25) is 5.02 Å². The number of anilines is 2. The van der Waals surface area contributed by atoms with E-state index >= 15 is 0 Å². The number of rotatable bonds is 2. The van der Waals surface area contributed by atoms with Gasteiger partial charge < -0.3 is 11.1 Å². The first-order valence-corrected chi connectivity index (χ1v) is 6.45. The second-order valence-electron chi connectivity index (χ2n) is 4.30. The lowest BCUT2D eigenvalue weighted by molar-refractivity contribution is 0.102. The zero-order chi connectivity index (χ0) is 15.7. The molecule has 0 atom stereocenters. The SMILES string of the molecule is N#Cc1cnn2c(N)c(C(=O)Nc3cccc(Cl)c3)nnc12. The van der Waals surface area contributed by atoms with Crippen molar-refractivity contribution in [3.8, 4) is 6.07 Å². The van der Waals surface area contributed by atoms with Gasteiger partial charge in [0, 0.05) is 10.7 Å². The molecule has 108 valence electrons. The van der Waals surface area contributed by atoms with Gasteiger partial charge in [0.15, 0.2) is 17.2 Å². The van der Waals surface area contributed by atoms with Crippen molar-refractivity contribution in [3.63, 3.8) is 0 Å². The molecule has 0 fully saturated rings. The van der Waals surface area contributed by atoms with Crippen molar-refractivity contribution >= 4 is 34.7 Å². The molecule has 8 nitrogen and oxygen atoms in total. The molecule has 0 radical (unpaired) electrons. The summed E-state index contributed by atoms with van der Waals surface area (Å²) < 4.78 is 1.19. The Morgan fingerprint density at radius 1 is 1.41 bits per heavy atom. The van der Waals surface area contributed by atoms with E-state index in [0.717, 1.165) is 0 Å². The monoisotopic (exact) mass is 313 g/mol. The van der Waals surface area contributed by atoms with E-state index in [-0.39, 0.29) is 22.7 Å². The van der Waals surface area contributed by atoms with Gasteiger partial charge in [0.2, 0.25) is 0 Å². The first-order valence-electron chi connectivity index (χ1n) is 6.07. The Labute approximate surface area is 129 Å². The van der Waals surface area contributed by atoms with E-state index in [1.54, 1.807) is 24.3 Å². The third-order valence-electron chi connectivity index (χ3n) is 2.88. The predicted molar refractivity (Wildman–Crippen MR) is 79.3 cm³/mol. The van der Waals surface area contributed by atoms with Crippen LogP contribution >= 0.6 is 11.6 Å². The summed E-state index contributed by atoms with van der Waals surface area (Å²) in [5.74, 6) is -0.561. The molecule has 2 heterocycles. The lowest BCUT2D eigenvalue weighted by Crippen LogP contribution is -2.19. The fraction of sp³-hybridized carbons (Fsp3) is 0. The van der Waals surface area contributed by atoms with Crippen LogP contribution in [-0.4, -0.2) is 25.7 Å². The number of benzene rings is 1. The van der Waals surface area contributed by atoms with Gasteiger partial charge >= 0.3 is 0 Å². The molecule has 9 heteroatoms. The van der Waals surface area contributed by atoms with Crippen LogP contribution in [0.4, 0.5) is 11.5 Å². The number of carbonyl (C=O) groups excluding carboxylic acids is 1. The molecular weight excluding hydrogens is 306 g/mol. The van der Waals surface area contributed by atoms with Crippen LogP contribution in [0.5, 0.6) is 0 Å². The first kappa shape index (κ1) is 13.8. The summed E-state index contributed by atoms with van der Waals surface area (Å²) in [5.41, 5.74) is 6.69. The number of nitrogens with one attached hydrogen (secondary N) is 1. The van der Waals surface area contributed by atoms with Crippen LogP contribution in [0, 0.1) is 11.3 Å². The molecule has 0 aliphatic rings. The van der Waals surface area contributed by atoms with Crippen molar-refractivity contribution in [1.29, 1.82) is 5.26 Å². The molecule has 0 saturated heterocycles. The van der Waals surface area contributed by atoms with Crippen molar-refractivity contribution in [3.05, 3.63) is 46.7 Å². The second-order valence-corrected chi connectivity index (χ2v) is 4.74. The standard InChI is InChI=1S/C13H8ClN7O/c14-8-2-1-3-9(4-8)18-13(22)10-11(16)21-12(20-19-10)7(5-15)6-17-21/h1-4,6H,16H2,(H,18,22). The number of nitrogen functional groups attached to an aromatic ring is 1. The van der Waals surface area contributed by atoms with Gasteiger partial charge in [0.05, 0.1) is 6.20 Å². The van der Waals surface area contributed by atoms with Crippen LogP contribution < -0.4 is 11.1 Å². The van der Waals surface area contributed by atoms with E-state index in [9.17, 15) is 4.79 Å². The molecule has 1 aromatic carbocycles. The van der Waals surface area contributed by atoms with E-state index < -0.39 is 5.91 Å². The number of carbonyl (C=O) groups is 1. The lowest BCUT2D eigenvalue weighted by Gasteiger charge is -2.07. The van der Waals surface area contributed by atoms with Crippen LogP contribution in [0.1, 0.15) is 16.1 Å². The maximum Gasteiger partial charge on any atom is 0.280 e. The normalized spacial score (nSPS) is 10.4. The van der Waals surface area contributed by atoms with Crippen molar-refractivity contribution in [1.82, 2.24) is 19.8 Å². The number of hydrogen-bond donors (Lipinski definition) is 2. The van der Waals surface area contributed by atoms with Crippen LogP contribution in [0.25, 0.3) is 5.65 Å². The number of hydrogen-bond acceptors (Lipinski definition) is 6. The second kappa shape index (κ2) is 5.31. The molecule has 2 aromatic heterocycles. The van der Waals surface area contributed by atoms with Crippen molar-refractivity contribution in [2.75, 3.05) is 11.1 Å². The number of fused-ring (bicyclic) bond motifs is 1. The summed E-state index contributed by atoms with van der Waals surface area (Å²) >= 11 is 5.85. The Bertz CT molecular complexity index is 928. The van der Waals surface area contributed by atoms with Gasteiger partial charge in [-0.05, 0) is 18.2 Å². The highest BCUT2D eigenvalue weighted by Gasteiger charge is 2.18. The highest BCUT2D eigenvalue weighted by atomic mass is 35.5. The smallest absolute Gasteiger partial charge is 0.280 e. The summed E-state index contributed by atoms with van der Waals surface area (Å²) in [6, 6.07) is 8.56. The predicted octanol–water partition coefficient (Wildman–Crippen LogP) is 1.48. The molecule has 0 aliphatic heterocycles. The average Bonchev–Trinajstić information content (AvgIpc) is 2.91. The molecule has 0 spiro atoms. The molecule has 3 rings (SSSR count). The molecule has 0 bridgehead atoms. The first-order chi connectivity index (χ1) is 10.6. The quantitative estimate of drug-likeness (QED) is 0.739. The van der Waals surface area contributed by atoms with Crippen molar-refractivity contribution in [2.45, 2.75) is 0 Å². The highest BCUT2D eigenvalue weighted by Crippen LogP contribution is 2.18. The maximum atomic E-state index is 12.2. The highest BCUT2D eigenvalue weighted by molar-refractivity contribution is 6.31.